The SMILES string of the molecule is CC(C)CSCC(N)CCc1ccccc1. The molecule has 0 aliphatic rings. The van der Waals surface area contributed by atoms with Gasteiger partial charge in [-0.15, -0.1) is 0 Å². The summed E-state index contributed by atoms with van der Waals surface area (Å²) in [5.74, 6) is 3.08. The largest absolute Gasteiger partial charge is 0.327 e. The summed E-state index contributed by atoms with van der Waals surface area (Å²) in [6.07, 6.45) is 2.19. The van der Waals surface area contributed by atoms with Gasteiger partial charge in [0.25, 0.3) is 0 Å². The second-order valence-electron chi connectivity index (χ2n) is 4.72. The molecular weight excluding hydrogens is 214 g/mol. The monoisotopic (exact) mass is 237 g/mol. The Hall–Kier alpha value is -0.470. The third-order valence-electron chi connectivity index (χ3n) is 2.43. The Kier molecular flexibility index (Phi) is 6.58. The summed E-state index contributed by atoms with van der Waals surface area (Å²) in [4.78, 5) is 0. The molecule has 0 amide bonds. The highest BCUT2D eigenvalue weighted by Gasteiger charge is 2.04. The predicted octanol–water partition coefficient (Wildman–Crippen LogP) is 3.34. The quantitative estimate of drug-likeness (QED) is 0.787. The second-order valence-corrected chi connectivity index (χ2v) is 5.79. The van der Waals surface area contributed by atoms with E-state index in [0.717, 1.165) is 24.5 Å². The summed E-state index contributed by atoms with van der Waals surface area (Å²) in [7, 11) is 0. The van der Waals surface area contributed by atoms with Gasteiger partial charge in [-0.3, -0.25) is 0 Å². The molecule has 0 heterocycles. The van der Waals surface area contributed by atoms with Crippen molar-refractivity contribution in [3.63, 3.8) is 0 Å². The molecule has 2 heteroatoms. The van der Waals surface area contributed by atoms with Gasteiger partial charge in [0.15, 0.2) is 0 Å². The Morgan fingerprint density at radius 2 is 1.81 bits per heavy atom. The van der Waals surface area contributed by atoms with E-state index in [1.54, 1.807) is 0 Å². The van der Waals surface area contributed by atoms with Crippen molar-refractivity contribution in [3.8, 4) is 0 Å². The van der Waals surface area contributed by atoms with E-state index >= 15 is 0 Å². The fourth-order valence-corrected chi connectivity index (χ4v) is 2.61. The third-order valence-corrected chi connectivity index (χ3v) is 4.00. The van der Waals surface area contributed by atoms with E-state index in [4.69, 9.17) is 5.73 Å². The standard InChI is InChI=1S/C14H23NS/c1-12(2)10-16-11-14(15)9-8-13-6-4-3-5-7-13/h3-7,12,14H,8-11,15H2,1-2H3. The van der Waals surface area contributed by atoms with E-state index in [9.17, 15) is 0 Å². The van der Waals surface area contributed by atoms with Gasteiger partial charge in [-0.05, 0) is 30.1 Å². The smallest absolute Gasteiger partial charge is 0.0133 e. The molecule has 0 aromatic heterocycles. The molecule has 0 saturated carbocycles. The molecule has 0 aliphatic carbocycles. The van der Waals surface area contributed by atoms with Crippen molar-refractivity contribution in [3.05, 3.63) is 35.9 Å². The number of benzene rings is 1. The van der Waals surface area contributed by atoms with Gasteiger partial charge >= 0.3 is 0 Å². The second kappa shape index (κ2) is 7.75. The lowest BCUT2D eigenvalue weighted by Gasteiger charge is -2.12. The molecule has 1 nitrogen and oxygen atoms in total. The van der Waals surface area contributed by atoms with Crippen LogP contribution in [-0.2, 0) is 6.42 Å². The van der Waals surface area contributed by atoms with Crippen molar-refractivity contribution >= 4 is 11.8 Å². The van der Waals surface area contributed by atoms with Crippen LogP contribution in [0.1, 0.15) is 25.8 Å². The molecule has 0 spiro atoms. The van der Waals surface area contributed by atoms with Crippen LogP contribution in [0.5, 0.6) is 0 Å². The van der Waals surface area contributed by atoms with Gasteiger partial charge in [0.2, 0.25) is 0 Å². The van der Waals surface area contributed by atoms with Gasteiger partial charge in [0.05, 0.1) is 0 Å². The fraction of sp³-hybridized carbons (Fsp3) is 0.571. The molecule has 1 aromatic rings. The van der Waals surface area contributed by atoms with Gasteiger partial charge in [0.1, 0.15) is 0 Å². The van der Waals surface area contributed by atoms with Crippen molar-refractivity contribution in [2.75, 3.05) is 11.5 Å². The highest BCUT2D eigenvalue weighted by Crippen LogP contribution is 2.11. The van der Waals surface area contributed by atoms with E-state index in [0.29, 0.717) is 6.04 Å². The Morgan fingerprint density at radius 1 is 1.12 bits per heavy atom. The minimum absolute atomic E-state index is 0.337. The first-order valence-corrected chi connectivity index (χ1v) is 7.21. The van der Waals surface area contributed by atoms with E-state index in [1.807, 2.05) is 11.8 Å². The topological polar surface area (TPSA) is 26.0 Å². The molecule has 90 valence electrons. The molecule has 1 aromatic carbocycles. The number of thioether (sulfide) groups is 1. The first-order valence-electron chi connectivity index (χ1n) is 6.05. The summed E-state index contributed by atoms with van der Waals surface area (Å²) in [6, 6.07) is 10.9. The van der Waals surface area contributed by atoms with Crippen LogP contribution in [-0.4, -0.2) is 17.5 Å². The zero-order chi connectivity index (χ0) is 11.8. The van der Waals surface area contributed by atoms with Crippen molar-refractivity contribution in [1.82, 2.24) is 0 Å². The van der Waals surface area contributed by atoms with Crippen LogP contribution >= 0.6 is 11.8 Å². The Morgan fingerprint density at radius 3 is 2.44 bits per heavy atom. The van der Waals surface area contributed by atoms with E-state index in [2.05, 4.69) is 44.2 Å². The summed E-state index contributed by atoms with van der Waals surface area (Å²) in [5.41, 5.74) is 7.48. The molecule has 1 unspecified atom stereocenters. The van der Waals surface area contributed by atoms with Crippen LogP contribution in [0.4, 0.5) is 0 Å². The highest BCUT2D eigenvalue weighted by molar-refractivity contribution is 7.99. The minimum Gasteiger partial charge on any atom is -0.327 e. The predicted molar refractivity (Wildman–Crippen MR) is 74.9 cm³/mol. The van der Waals surface area contributed by atoms with Crippen LogP contribution in [0.2, 0.25) is 0 Å². The first-order chi connectivity index (χ1) is 7.68. The first kappa shape index (κ1) is 13.6. The zero-order valence-electron chi connectivity index (χ0n) is 10.4. The molecule has 0 fully saturated rings. The third kappa shape index (κ3) is 6.19. The highest BCUT2D eigenvalue weighted by atomic mass is 32.2. The molecule has 0 bridgehead atoms. The van der Waals surface area contributed by atoms with Crippen LogP contribution in [0, 0.1) is 5.92 Å². The molecule has 1 atom stereocenters. The van der Waals surface area contributed by atoms with Crippen LogP contribution < -0.4 is 5.73 Å². The van der Waals surface area contributed by atoms with Crippen molar-refractivity contribution < 1.29 is 0 Å². The van der Waals surface area contributed by atoms with Crippen molar-refractivity contribution in [2.45, 2.75) is 32.7 Å². The average Bonchev–Trinajstić information content (AvgIpc) is 2.27. The molecule has 1 rings (SSSR count). The van der Waals surface area contributed by atoms with Gasteiger partial charge in [-0.25, -0.2) is 0 Å². The van der Waals surface area contributed by atoms with Crippen LogP contribution in [0.3, 0.4) is 0 Å². The molecule has 0 saturated heterocycles. The van der Waals surface area contributed by atoms with E-state index < -0.39 is 0 Å². The maximum Gasteiger partial charge on any atom is 0.0133 e. The van der Waals surface area contributed by atoms with Crippen molar-refractivity contribution in [2.24, 2.45) is 11.7 Å². The van der Waals surface area contributed by atoms with Gasteiger partial charge < -0.3 is 5.73 Å². The Bertz CT molecular complexity index is 271. The van der Waals surface area contributed by atoms with Crippen molar-refractivity contribution in [1.29, 1.82) is 0 Å². The van der Waals surface area contributed by atoms with Gasteiger partial charge in [-0.2, -0.15) is 11.8 Å². The fourth-order valence-electron chi connectivity index (χ4n) is 1.54. The number of hydrogen-bond donors (Lipinski definition) is 1. The maximum atomic E-state index is 6.09. The lowest BCUT2D eigenvalue weighted by atomic mass is 10.1. The van der Waals surface area contributed by atoms with E-state index in [1.165, 1.54) is 11.3 Å². The summed E-state index contributed by atoms with van der Waals surface area (Å²) >= 11 is 1.98. The average molecular weight is 237 g/mol. The summed E-state index contributed by atoms with van der Waals surface area (Å²) in [5, 5.41) is 0. The number of hydrogen-bond acceptors (Lipinski definition) is 2. The van der Waals surface area contributed by atoms with Gasteiger partial charge in [-0.1, -0.05) is 44.2 Å². The van der Waals surface area contributed by atoms with Gasteiger partial charge in [0, 0.05) is 11.8 Å². The molecular formula is C14H23NS. The maximum absolute atomic E-state index is 6.09. The molecule has 2 N–H and O–H groups in total. The molecule has 0 radical (unpaired) electrons. The number of nitrogens with two attached hydrogens (primary N) is 1. The lowest BCUT2D eigenvalue weighted by Crippen LogP contribution is -2.24. The zero-order valence-corrected chi connectivity index (χ0v) is 11.2. The summed E-state index contributed by atoms with van der Waals surface area (Å²) in [6.45, 7) is 4.50. The number of rotatable bonds is 7. The lowest BCUT2D eigenvalue weighted by molar-refractivity contribution is 0.672. The Balaban J connectivity index is 2.13. The summed E-state index contributed by atoms with van der Waals surface area (Å²) < 4.78 is 0. The van der Waals surface area contributed by atoms with Crippen LogP contribution in [0.25, 0.3) is 0 Å². The minimum atomic E-state index is 0.337. The Labute approximate surface area is 104 Å². The molecule has 16 heavy (non-hydrogen) atoms. The normalized spacial score (nSPS) is 13.0. The van der Waals surface area contributed by atoms with Crippen LogP contribution in [0.15, 0.2) is 30.3 Å². The molecule has 0 aliphatic heterocycles. The number of aryl methyl sites for hydroxylation is 1. The van der Waals surface area contributed by atoms with E-state index in [-0.39, 0.29) is 0 Å².